The number of rotatable bonds is 6. The second-order valence-corrected chi connectivity index (χ2v) is 6.99. The van der Waals surface area contributed by atoms with Gasteiger partial charge in [0, 0.05) is 20.1 Å². The number of benzene rings is 1. The largest absolute Gasteiger partial charge is 0.356 e. The van der Waals surface area contributed by atoms with Crippen LogP contribution in [-0.2, 0) is 16.6 Å². The third kappa shape index (κ3) is 4.71. The van der Waals surface area contributed by atoms with E-state index in [0.29, 0.717) is 6.54 Å². The highest BCUT2D eigenvalue weighted by molar-refractivity contribution is 7.89. The molecule has 21 heavy (non-hydrogen) atoms. The number of nitrogens with one attached hydrogen (secondary N) is 3. The Morgan fingerprint density at radius 3 is 2.43 bits per heavy atom. The van der Waals surface area contributed by atoms with Gasteiger partial charge in [-0.15, -0.1) is 0 Å². The Balaban J connectivity index is 1.87. The molecule has 0 saturated heterocycles. The van der Waals surface area contributed by atoms with E-state index >= 15 is 0 Å². The van der Waals surface area contributed by atoms with Crippen molar-refractivity contribution in [2.24, 2.45) is 10.9 Å². The van der Waals surface area contributed by atoms with Gasteiger partial charge in [0.05, 0.1) is 4.90 Å². The van der Waals surface area contributed by atoms with Gasteiger partial charge < -0.3 is 10.6 Å². The fourth-order valence-corrected chi connectivity index (χ4v) is 2.60. The lowest BCUT2D eigenvalue weighted by atomic mass is 10.2. The van der Waals surface area contributed by atoms with Gasteiger partial charge in [-0.25, -0.2) is 13.1 Å². The Morgan fingerprint density at radius 2 is 1.90 bits per heavy atom. The fourth-order valence-electron chi connectivity index (χ4n) is 1.87. The minimum absolute atomic E-state index is 0.269. The van der Waals surface area contributed by atoms with E-state index in [2.05, 4.69) is 20.3 Å². The standard InChI is InChI=1S/C14H22N4O2S/c1-15-14(17-9-11-3-4-11)18-10-12-5-7-13(8-6-12)21(19,20)16-2/h5-8,11,16H,3-4,9-10H2,1-2H3,(H2,15,17,18). The molecule has 0 bridgehead atoms. The molecule has 0 heterocycles. The van der Waals surface area contributed by atoms with Crippen LogP contribution in [0, 0.1) is 5.92 Å². The van der Waals surface area contributed by atoms with Gasteiger partial charge in [-0.1, -0.05) is 12.1 Å². The Kier molecular flexibility index (Phi) is 5.19. The molecular weight excluding hydrogens is 288 g/mol. The normalized spacial score (nSPS) is 15.8. The minimum Gasteiger partial charge on any atom is -0.356 e. The van der Waals surface area contributed by atoms with Crippen LogP contribution in [0.1, 0.15) is 18.4 Å². The van der Waals surface area contributed by atoms with E-state index in [-0.39, 0.29) is 4.90 Å². The van der Waals surface area contributed by atoms with Crippen molar-refractivity contribution in [3.05, 3.63) is 29.8 Å². The van der Waals surface area contributed by atoms with E-state index in [9.17, 15) is 8.42 Å². The highest BCUT2D eigenvalue weighted by atomic mass is 32.2. The summed E-state index contributed by atoms with van der Waals surface area (Å²) in [4.78, 5) is 4.43. The Hall–Kier alpha value is -1.60. The summed E-state index contributed by atoms with van der Waals surface area (Å²) >= 11 is 0. The summed E-state index contributed by atoms with van der Waals surface area (Å²) in [6.07, 6.45) is 2.59. The molecule has 1 aliphatic rings. The van der Waals surface area contributed by atoms with Crippen LogP contribution in [0.15, 0.2) is 34.2 Å². The highest BCUT2D eigenvalue weighted by Gasteiger charge is 2.21. The molecule has 0 amide bonds. The molecule has 2 rings (SSSR count). The molecule has 1 aromatic rings. The first-order valence-electron chi connectivity index (χ1n) is 7.02. The first-order valence-corrected chi connectivity index (χ1v) is 8.50. The van der Waals surface area contributed by atoms with Crippen LogP contribution in [0.3, 0.4) is 0 Å². The average molecular weight is 310 g/mol. The van der Waals surface area contributed by atoms with E-state index in [1.165, 1.54) is 19.9 Å². The molecule has 0 spiro atoms. The smallest absolute Gasteiger partial charge is 0.240 e. The van der Waals surface area contributed by atoms with Gasteiger partial charge >= 0.3 is 0 Å². The summed E-state index contributed by atoms with van der Waals surface area (Å²) in [5, 5.41) is 6.49. The van der Waals surface area contributed by atoms with Crippen LogP contribution in [0.4, 0.5) is 0 Å². The summed E-state index contributed by atoms with van der Waals surface area (Å²) in [5.74, 6) is 1.56. The SMILES string of the molecule is CN=C(NCc1ccc(S(=O)(=O)NC)cc1)NCC1CC1. The molecule has 1 fully saturated rings. The number of nitrogens with zero attached hydrogens (tertiary/aromatic N) is 1. The maximum absolute atomic E-state index is 11.6. The molecule has 1 saturated carbocycles. The monoisotopic (exact) mass is 310 g/mol. The lowest BCUT2D eigenvalue weighted by Gasteiger charge is -2.11. The predicted molar refractivity (Wildman–Crippen MR) is 83.6 cm³/mol. The third-order valence-corrected chi connectivity index (χ3v) is 4.87. The molecule has 116 valence electrons. The molecule has 1 aromatic carbocycles. The predicted octanol–water partition coefficient (Wildman–Crippen LogP) is 0.670. The summed E-state index contributed by atoms with van der Waals surface area (Å²) < 4.78 is 25.5. The second-order valence-electron chi connectivity index (χ2n) is 5.10. The maximum atomic E-state index is 11.6. The lowest BCUT2D eigenvalue weighted by molar-refractivity contribution is 0.588. The van der Waals surface area contributed by atoms with Crippen molar-refractivity contribution in [1.82, 2.24) is 15.4 Å². The zero-order valence-electron chi connectivity index (χ0n) is 12.4. The van der Waals surface area contributed by atoms with Gasteiger partial charge in [0.1, 0.15) is 0 Å². The highest BCUT2D eigenvalue weighted by Crippen LogP contribution is 2.27. The molecule has 1 aliphatic carbocycles. The summed E-state index contributed by atoms with van der Waals surface area (Å²) in [6, 6.07) is 6.79. The molecule has 6 nitrogen and oxygen atoms in total. The van der Waals surface area contributed by atoms with Crippen molar-refractivity contribution in [3.63, 3.8) is 0 Å². The van der Waals surface area contributed by atoms with Crippen molar-refractivity contribution in [3.8, 4) is 0 Å². The van der Waals surface area contributed by atoms with Gasteiger partial charge in [0.2, 0.25) is 10.0 Å². The first-order chi connectivity index (χ1) is 10.0. The van der Waals surface area contributed by atoms with E-state index < -0.39 is 10.0 Å². The van der Waals surface area contributed by atoms with E-state index in [4.69, 9.17) is 0 Å². The van der Waals surface area contributed by atoms with Crippen molar-refractivity contribution in [1.29, 1.82) is 0 Å². The van der Waals surface area contributed by atoms with Crippen LogP contribution in [0.5, 0.6) is 0 Å². The van der Waals surface area contributed by atoms with Crippen LogP contribution in [0.25, 0.3) is 0 Å². The molecular formula is C14H22N4O2S. The number of sulfonamides is 1. The maximum Gasteiger partial charge on any atom is 0.240 e. The van der Waals surface area contributed by atoms with Gasteiger partial charge in [0.15, 0.2) is 5.96 Å². The van der Waals surface area contributed by atoms with Gasteiger partial charge in [-0.2, -0.15) is 0 Å². The van der Waals surface area contributed by atoms with E-state index in [1.54, 1.807) is 31.3 Å². The molecule has 0 atom stereocenters. The topological polar surface area (TPSA) is 82.6 Å². The number of aliphatic imine (C=N–C) groups is 1. The summed E-state index contributed by atoms with van der Waals surface area (Å²) in [7, 11) is -0.225. The Bertz CT molecular complexity index is 592. The minimum atomic E-state index is -3.37. The van der Waals surface area contributed by atoms with Crippen LogP contribution < -0.4 is 15.4 Å². The summed E-state index contributed by atoms with van der Waals surface area (Å²) in [6.45, 7) is 1.56. The van der Waals surface area contributed by atoms with Crippen molar-refractivity contribution >= 4 is 16.0 Å². The molecule has 7 heteroatoms. The number of hydrogen-bond donors (Lipinski definition) is 3. The quantitative estimate of drug-likeness (QED) is 0.533. The van der Waals surface area contributed by atoms with Gasteiger partial charge in [-0.05, 0) is 43.5 Å². The van der Waals surface area contributed by atoms with Crippen LogP contribution in [-0.4, -0.2) is 35.0 Å². The van der Waals surface area contributed by atoms with Gasteiger partial charge in [-0.3, -0.25) is 4.99 Å². The lowest BCUT2D eigenvalue weighted by Crippen LogP contribution is -2.37. The van der Waals surface area contributed by atoms with Crippen LogP contribution >= 0.6 is 0 Å². The molecule has 0 aromatic heterocycles. The number of hydrogen-bond acceptors (Lipinski definition) is 3. The van der Waals surface area contributed by atoms with Crippen molar-refractivity contribution < 1.29 is 8.42 Å². The molecule has 0 aliphatic heterocycles. The number of guanidine groups is 1. The Morgan fingerprint density at radius 1 is 1.24 bits per heavy atom. The fraction of sp³-hybridized carbons (Fsp3) is 0.500. The zero-order chi connectivity index (χ0) is 15.3. The van der Waals surface area contributed by atoms with Crippen LogP contribution in [0.2, 0.25) is 0 Å². The molecule has 3 N–H and O–H groups in total. The molecule has 0 radical (unpaired) electrons. The zero-order valence-corrected chi connectivity index (χ0v) is 13.2. The van der Waals surface area contributed by atoms with E-state index in [1.807, 2.05) is 0 Å². The first kappa shape index (κ1) is 15.8. The van der Waals surface area contributed by atoms with E-state index in [0.717, 1.165) is 24.0 Å². The van der Waals surface area contributed by atoms with Crippen molar-refractivity contribution in [2.45, 2.75) is 24.3 Å². The second kappa shape index (κ2) is 6.91. The van der Waals surface area contributed by atoms with Gasteiger partial charge in [0.25, 0.3) is 0 Å². The van der Waals surface area contributed by atoms with Crippen molar-refractivity contribution in [2.75, 3.05) is 20.6 Å². The Labute approximate surface area is 126 Å². The summed E-state index contributed by atoms with van der Waals surface area (Å²) in [5.41, 5.74) is 0.999. The average Bonchev–Trinajstić information content (AvgIpc) is 3.32. The third-order valence-electron chi connectivity index (χ3n) is 3.44. The molecule has 0 unspecified atom stereocenters.